The van der Waals surface area contributed by atoms with Gasteiger partial charge in [0.15, 0.2) is 0 Å². The molecule has 0 aliphatic heterocycles. The molecule has 0 radical (unpaired) electrons. The van der Waals surface area contributed by atoms with Crippen molar-refractivity contribution in [3.05, 3.63) is 56.3 Å². The van der Waals surface area contributed by atoms with Crippen molar-refractivity contribution in [1.29, 1.82) is 0 Å². The van der Waals surface area contributed by atoms with Crippen LogP contribution in [0.25, 0.3) is 0 Å². The van der Waals surface area contributed by atoms with E-state index in [2.05, 4.69) is 43.5 Å². The molecule has 2 nitrogen and oxygen atoms in total. The van der Waals surface area contributed by atoms with E-state index < -0.39 is 0 Å². The van der Waals surface area contributed by atoms with Gasteiger partial charge in [0.1, 0.15) is 0 Å². The summed E-state index contributed by atoms with van der Waals surface area (Å²) in [7, 11) is 0. The van der Waals surface area contributed by atoms with Crippen LogP contribution in [-0.2, 0) is 12.8 Å². The summed E-state index contributed by atoms with van der Waals surface area (Å²) in [5, 5.41) is 0. The molecule has 20 heavy (non-hydrogen) atoms. The highest BCUT2D eigenvalue weighted by atomic mass is 32.1. The summed E-state index contributed by atoms with van der Waals surface area (Å²) in [4.78, 5) is 2.92. The molecule has 1 heterocycles. The maximum atomic E-state index is 5.87. The van der Waals surface area contributed by atoms with E-state index in [1.165, 1.54) is 47.3 Å². The fourth-order valence-electron chi connectivity index (χ4n) is 3.05. The Balaban J connectivity index is 2.01. The average Bonchev–Trinajstić information content (AvgIpc) is 2.87. The molecular formula is C17H22N2S. The average molecular weight is 286 g/mol. The highest BCUT2D eigenvalue weighted by molar-refractivity contribution is 7.12. The molecule has 0 bridgehead atoms. The molecule has 3 N–H and O–H groups in total. The van der Waals surface area contributed by atoms with Gasteiger partial charge in [-0.15, -0.1) is 11.3 Å². The number of nitrogens with two attached hydrogens (primary N) is 1. The fraction of sp³-hybridized carbons (Fsp3) is 0.412. The van der Waals surface area contributed by atoms with Crippen LogP contribution in [0, 0.1) is 13.8 Å². The molecule has 0 amide bonds. The zero-order valence-corrected chi connectivity index (χ0v) is 13.0. The van der Waals surface area contributed by atoms with E-state index >= 15 is 0 Å². The van der Waals surface area contributed by atoms with Crippen LogP contribution in [0.5, 0.6) is 0 Å². The van der Waals surface area contributed by atoms with Gasteiger partial charge >= 0.3 is 0 Å². The zero-order valence-electron chi connectivity index (χ0n) is 12.2. The first-order valence-corrected chi connectivity index (χ1v) is 8.15. The lowest BCUT2D eigenvalue weighted by Gasteiger charge is -2.18. The third-order valence-electron chi connectivity index (χ3n) is 4.21. The monoisotopic (exact) mass is 286 g/mol. The lowest BCUT2D eigenvalue weighted by atomic mass is 9.96. The Morgan fingerprint density at radius 1 is 1.15 bits per heavy atom. The predicted molar refractivity (Wildman–Crippen MR) is 86.0 cm³/mol. The van der Waals surface area contributed by atoms with Crippen molar-refractivity contribution in [3.8, 4) is 0 Å². The van der Waals surface area contributed by atoms with Crippen LogP contribution in [0.4, 0.5) is 0 Å². The smallest absolute Gasteiger partial charge is 0.0805 e. The summed E-state index contributed by atoms with van der Waals surface area (Å²) in [6, 6.07) is 9.07. The second-order valence-electron chi connectivity index (χ2n) is 5.76. The molecule has 0 fully saturated rings. The van der Waals surface area contributed by atoms with Crippen LogP contribution in [-0.4, -0.2) is 0 Å². The van der Waals surface area contributed by atoms with Crippen molar-refractivity contribution >= 4 is 11.3 Å². The Morgan fingerprint density at radius 2 is 1.95 bits per heavy atom. The summed E-state index contributed by atoms with van der Waals surface area (Å²) in [6.07, 6.45) is 5.13. The molecule has 1 atom stereocenters. The molecule has 0 saturated heterocycles. The van der Waals surface area contributed by atoms with Gasteiger partial charge in [0.05, 0.1) is 6.04 Å². The van der Waals surface area contributed by atoms with Gasteiger partial charge in [-0.2, -0.15) is 0 Å². The van der Waals surface area contributed by atoms with Gasteiger partial charge < -0.3 is 0 Å². The van der Waals surface area contributed by atoms with E-state index in [0.29, 0.717) is 0 Å². The lowest BCUT2D eigenvalue weighted by molar-refractivity contribution is 0.641. The summed E-state index contributed by atoms with van der Waals surface area (Å²) in [6.45, 7) is 4.29. The van der Waals surface area contributed by atoms with Gasteiger partial charge in [-0.3, -0.25) is 5.84 Å². The van der Waals surface area contributed by atoms with Gasteiger partial charge in [0, 0.05) is 9.75 Å². The van der Waals surface area contributed by atoms with Crippen molar-refractivity contribution < 1.29 is 0 Å². The fourth-order valence-corrected chi connectivity index (χ4v) is 4.39. The van der Waals surface area contributed by atoms with Crippen molar-refractivity contribution in [3.63, 3.8) is 0 Å². The Morgan fingerprint density at radius 3 is 2.70 bits per heavy atom. The number of thiophene rings is 1. The van der Waals surface area contributed by atoms with Gasteiger partial charge in [-0.05, 0) is 62.3 Å². The number of hydrazine groups is 1. The molecule has 1 aromatic carbocycles. The second kappa shape index (κ2) is 5.68. The Kier molecular flexibility index (Phi) is 3.92. The first kappa shape index (κ1) is 13.8. The van der Waals surface area contributed by atoms with Crippen molar-refractivity contribution in [2.24, 2.45) is 5.84 Å². The zero-order chi connectivity index (χ0) is 14.1. The summed E-state index contributed by atoms with van der Waals surface area (Å²) in [5.74, 6) is 5.87. The highest BCUT2D eigenvalue weighted by Crippen LogP contribution is 2.36. The molecule has 1 aliphatic carbocycles. The lowest BCUT2D eigenvalue weighted by Crippen LogP contribution is -2.28. The molecule has 0 saturated carbocycles. The van der Waals surface area contributed by atoms with Crippen LogP contribution in [0.2, 0.25) is 0 Å². The predicted octanol–water partition coefficient (Wildman–Crippen LogP) is 3.80. The SMILES string of the molecule is Cc1ccc(C)c(C(NN)c2cc3c(s2)CCCC3)c1. The number of aryl methyl sites for hydroxylation is 4. The number of hydrogen-bond acceptors (Lipinski definition) is 3. The van der Waals surface area contributed by atoms with Gasteiger partial charge in [0.2, 0.25) is 0 Å². The van der Waals surface area contributed by atoms with Crippen molar-refractivity contribution in [2.45, 2.75) is 45.6 Å². The number of nitrogens with one attached hydrogen (secondary N) is 1. The Labute approximate surface area is 125 Å². The van der Waals surface area contributed by atoms with Gasteiger partial charge in [-0.25, -0.2) is 5.43 Å². The van der Waals surface area contributed by atoms with Crippen LogP contribution in [0.15, 0.2) is 24.3 Å². The van der Waals surface area contributed by atoms with Crippen molar-refractivity contribution in [2.75, 3.05) is 0 Å². The van der Waals surface area contributed by atoms with Gasteiger partial charge in [0.25, 0.3) is 0 Å². The van der Waals surface area contributed by atoms with Crippen LogP contribution in [0.3, 0.4) is 0 Å². The maximum Gasteiger partial charge on any atom is 0.0805 e. The topological polar surface area (TPSA) is 38.0 Å². The summed E-state index contributed by atoms with van der Waals surface area (Å²) >= 11 is 1.93. The summed E-state index contributed by atoms with van der Waals surface area (Å²) < 4.78 is 0. The third-order valence-corrected chi connectivity index (χ3v) is 5.51. The van der Waals surface area contributed by atoms with E-state index in [-0.39, 0.29) is 6.04 Å². The first-order chi connectivity index (χ1) is 9.69. The van der Waals surface area contributed by atoms with E-state index in [1.807, 2.05) is 11.3 Å². The number of benzene rings is 1. The third kappa shape index (κ3) is 2.53. The Bertz CT molecular complexity index is 592. The van der Waals surface area contributed by atoms with Crippen LogP contribution in [0.1, 0.15) is 50.9 Å². The molecule has 1 aromatic heterocycles. The van der Waals surface area contributed by atoms with Crippen molar-refractivity contribution in [1.82, 2.24) is 5.43 Å². The largest absolute Gasteiger partial charge is 0.271 e. The molecular weight excluding hydrogens is 264 g/mol. The van der Waals surface area contributed by atoms with E-state index in [1.54, 1.807) is 10.4 Å². The molecule has 0 spiro atoms. The molecule has 3 heteroatoms. The van der Waals surface area contributed by atoms with Crippen LogP contribution < -0.4 is 11.3 Å². The van der Waals surface area contributed by atoms with E-state index in [9.17, 15) is 0 Å². The number of rotatable bonds is 3. The standard InChI is InChI=1S/C17H22N2S/c1-11-7-8-12(2)14(9-11)17(19-18)16-10-13-5-3-4-6-15(13)20-16/h7-10,17,19H,3-6,18H2,1-2H3. The quantitative estimate of drug-likeness (QED) is 0.665. The molecule has 2 aromatic rings. The minimum atomic E-state index is 0.116. The minimum Gasteiger partial charge on any atom is -0.271 e. The molecule has 3 rings (SSSR count). The highest BCUT2D eigenvalue weighted by Gasteiger charge is 2.21. The Hall–Kier alpha value is -1.16. The molecule has 1 unspecified atom stereocenters. The number of hydrogen-bond donors (Lipinski definition) is 2. The first-order valence-electron chi connectivity index (χ1n) is 7.34. The van der Waals surface area contributed by atoms with Gasteiger partial charge in [-0.1, -0.05) is 23.8 Å². The molecule has 1 aliphatic rings. The van der Waals surface area contributed by atoms with E-state index in [0.717, 1.165) is 0 Å². The second-order valence-corrected chi connectivity index (χ2v) is 6.93. The number of fused-ring (bicyclic) bond motifs is 1. The maximum absolute atomic E-state index is 5.87. The normalized spacial score (nSPS) is 15.9. The summed E-state index contributed by atoms with van der Waals surface area (Å²) in [5.41, 5.74) is 8.44. The minimum absolute atomic E-state index is 0.116. The molecule has 106 valence electrons. The van der Waals surface area contributed by atoms with E-state index in [4.69, 9.17) is 5.84 Å². The van der Waals surface area contributed by atoms with Crippen LogP contribution >= 0.6 is 11.3 Å².